The zero-order valence-corrected chi connectivity index (χ0v) is 8.94. The fraction of sp³-hybridized carbons (Fsp3) is 0.308. The highest BCUT2D eigenvalue weighted by atomic mass is 16.4. The number of carbonyl (C=O) groups is 1. The maximum Gasteiger partial charge on any atom is 0.303 e. The van der Waals surface area contributed by atoms with Crippen LogP contribution in [0.3, 0.4) is 0 Å². The molecular formula is C13H14O3. The largest absolute Gasteiger partial charge is 0.481 e. The van der Waals surface area contributed by atoms with Gasteiger partial charge in [-0.2, -0.15) is 0 Å². The van der Waals surface area contributed by atoms with Crippen LogP contribution in [0.15, 0.2) is 24.3 Å². The van der Waals surface area contributed by atoms with Crippen LogP contribution in [0.2, 0.25) is 0 Å². The molecule has 0 fully saturated rings. The number of aryl methyl sites for hydroxylation is 1. The molecule has 0 aliphatic rings. The summed E-state index contributed by atoms with van der Waals surface area (Å²) < 4.78 is 0. The highest BCUT2D eigenvalue weighted by molar-refractivity contribution is 5.66. The van der Waals surface area contributed by atoms with Crippen LogP contribution < -0.4 is 0 Å². The molecule has 0 bridgehead atoms. The van der Waals surface area contributed by atoms with E-state index in [-0.39, 0.29) is 13.0 Å². The monoisotopic (exact) mass is 218 g/mol. The van der Waals surface area contributed by atoms with E-state index in [0.717, 1.165) is 17.5 Å². The number of aliphatic hydroxyl groups excluding tert-OH is 1. The van der Waals surface area contributed by atoms with Crippen LogP contribution in [-0.2, 0) is 11.2 Å². The van der Waals surface area contributed by atoms with E-state index in [4.69, 9.17) is 10.2 Å². The van der Waals surface area contributed by atoms with Crippen LogP contribution in [0, 0.1) is 11.8 Å². The van der Waals surface area contributed by atoms with Gasteiger partial charge in [-0.1, -0.05) is 24.0 Å². The van der Waals surface area contributed by atoms with E-state index in [1.165, 1.54) is 0 Å². The summed E-state index contributed by atoms with van der Waals surface area (Å²) in [5, 5.41) is 17.0. The third-order valence-corrected chi connectivity index (χ3v) is 2.12. The van der Waals surface area contributed by atoms with Gasteiger partial charge in [0.25, 0.3) is 0 Å². The molecule has 1 rings (SSSR count). The highest BCUT2D eigenvalue weighted by Crippen LogP contribution is 2.07. The van der Waals surface area contributed by atoms with Gasteiger partial charge < -0.3 is 10.2 Å². The minimum atomic E-state index is -0.759. The van der Waals surface area contributed by atoms with Crippen molar-refractivity contribution >= 4 is 5.97 Å². The van der Waals surface area contributed by atoms with Gasteiger partial charge in [0.05, 0.1) is 0 Å². The molecule has 84 valence electrons. The number of hydrogen-bond acceptors (Lipinski definition) is 2. The molecule has 0 atom stereocenters. The van der Waals surface area contributed by atoms with Gasteiger partial charge in [0.15, 0.2) is 0 Å². The first-order chi connectivity index (χ1) is 7.72. The zero-order chi connectivity index (χ0) is 11.8. The second-order valence-corrected chi connectivity index (χ2v) is 3.40. The Morgan fingerprint density at radius 3 is 2.50 bits per heavy atom. The highest BCUT2D eigenvalue weighted by Gasteiger charge is 1.98. The second-order valence-electron chi connectivity index (χ2n) is 3.40. The van der Waals surface area contributed by atoms with Gasteiger partial charge >= 0.3 is 5.97 Å². The Bertz CT molecular complexity index is 395. The molecule has 0 unspecified atom stereocenters. The molecule has 0 spiro atoms. The van der Waals surface area contributed by atoms with Crippen molar-refractivity contribution in [3.63, 3.8) is 0 Å². The molecule has 2 N–H and O–H groups in total. The van der Waals surface area contributed by atoms with Gasteiger partial charge in [-0.3, -0.25) is 4.79 Å². The average molecular weight is 218 g/mol. The molecule has 3 nitrogen and oxygen atoms in total. The number of aliphatic hydroxyl groups is 1. The zero-order valence-electron chi connectivity index (χ0n) is 8.94. The number of hydrogen-bond donors (Lipinski definition) is 2. The summed E-state index contributed by atoms with van der Waals surface area (Å²) in [6, 6.07) is 7.62. The van der Waals surface area contributed by atoms with E-state index >= 15 is 0 Å². The number of aliphatic carboxylic acids is 1. The maximum atomic E-state index is 10.3. The summed E-state index contributed by atoms with van der Waals surface area (Å²) in [4.78, 5) is 10.3. The molecule has 0 saturated heterocycles. The Hall–Kier alpha value is -1.79. The molecule has 3 heteroatoms. The Kier molecular flexibility index (Phi) is 5.10. The Morgan fingerprint density at radius 1 is 1.25 bits per heavy atom. The van der Waals surface area contributed by atoms with Crippen LogP contribution in [0.4, 0.5) is 0 Å². The summed E-state index contributed by atoms with van der Waals surface area (Å²) in [6.07, 6.45) is 1.61. The van der Waals surface area contributed by atoms with E-state index < -0.39 is 5.97 Å². The van der Waals surface area contributed by atoms with Gasteiger partial charge in [0, 0.05) is 12.0 Å². The molecule has 0 amide bonds. The third kappa shape index (κ3) is 4.63. The van der Waals surface area contributed by atoms with Gasteiger partial charge in [-0.25, -0.2) is 0 Å². The summed E-state index contributed by atoms with van der Waals surface area (Å²) >= 11 is 0. The van der Waals surface area contributed by atoms with E-state index in [9.17, 15) is 4.79 Å². The lowest BCUT2D eigenvalue weighted by Gasteiger charge is -1.99. The number of benzene rings is 1. The van der Waals surface area contributed by atoms with Crippen LogP contribution >= 0.6 is 0 Å². The molecule has 0 aromatic heterocycles. The lowest BCUT2D eigenvalue weighted by atomic mass is 10.1. The van der Waals surface area contributed by atoms with Gasteiger partial charge in [-0.05, 0) is 30.5 Å². The predicted octanol–water partition coefficient (Wildman–Crippen LogP) is 1.44. The first-order valence-electron chi connectivity index (χ1n) is 5.13. The van der Waals surface area contributed by atoms with Crippen molar-refractivity contribution in [3.05, 3.63) is 35.4 Å². The Balaban J connectivity index is 2.48. The predicted molar refractivity (Wildman–Crippen MR) is 61.0 cm³/mol. The van der Waals surface area contributed by atoms with Crippen molar-refractivity contribution in [1.29, 1.82) is 0 Å². The first kappa shape index (κ1) is 12.3. The smallest absolute Gasteiger partial charge is 0.303 e. The number of carboxylic acid groups (broad SMARTS) is 1. The van der Waals surface area contributed by atoms with Crippen molar-refractivity contribution < 1.29 is 15.0 Å². The normalized spacial score (nSPS) is 9.31. The third-order valence-electron chi connectivity index (χ3n) is 2.12. The molecule has 0 saturated carbocycles. The maximum absolute atomic E-state index is 10.3. The van der Waals surface area contributed by atoms with Crippen LogP contribution in [0.5, 0.6) is 0 Å². The van der Waals surface area contributed by atoms with Crippen LogP contribution in [0.1, 0.15) is 24.0 Å². The molecule has 1 aromatic carbocycles. The number of carboxylic acids is 1. The van der Waals surface area contributed by atoms with Gasteiger partial charge in [0.2, 0.25) is 0 Å². The lowest BCUT2D eigenvalue weighted by molar-refractivity contribution is -0.137. The molecule has 0 aliphatic heterocycles. The van der Waals surface area contributed by atoms with Gasteiger partial charge in [0.1, 0.15) is 6.61 Å². The topological polar surface area (TPSA) is 57.5 Å². The van der Waals surface area contributed by atoms with Crippen molar-refractivity contribution in [2.75, 3.05) is 6.61 Å². The van der Waals surface area contributed by atoms with E-state index in [1.54, 1.807) is 0 Å². The van der Waals surface area contributed by atoms with Crippen molar-refractivity contribution in [1.82, 2.24) is 0 Å². The van der Waals surface area contributed by atoms with Crippen LogP contribution in [0.25, 0.3) is 0 Å². The molecule has 0 heterocycles. The standard InChI is InChI=1S/C13H14O3/c14-10-2-4-12-8-6-11(7-9-12)3-1-5-13(15)16/h6-9,14H,1,3,5,10H2,(H,15,16). The Labute approximate surface area is 94.7 Å². The fourth-order valence-electron chi connectivity index (χ4n) is 1.34. The van der Waals surface area contributed by atoms with E-state index in [1.807, 2.05) is 24.3 Å². The van der Waals surface area contributed by atoms with Crippen molar-refractivity contribution in [2.24, 2.45) is 0 Å². The van der Waals surface area contributed by atoms with E-state index in [2.05, 4.69) is 11.8 Å². The van der Waals surface area contributed by atoms with Crippen LogP contribution in [-0.4, -0.2) is 22.8 Å². The second kappa shape index (κ2) is 6.65. The Morgan fingerprint density at radius 2 is 1.94 bits per heavy atom. The lowest BCUT2D eigenvalue weighted by Crippen LogP contribution is -1.95. The molecule has 1 aromatic rings. The minimum Gasteiger partial charge on any atom is -0.481 e. The summed E-state index contributed by atoms with van der Waals surface area (Å²) in [5.41, 5.74) is 1.96. The molecule has 0 aliphatic carbocycles. The number of rotatable bonds is 4. The molecule has 16 heavy (non-hydrogen) atoms. The van der Waals surface area contributed by atoms with Gasteiger partial charge in [-0.15, -0.1) is 0 Å². The first-order valence-corrected chi connectivity index (χ1v) is 5.13. The SMILES string of the molecule is O=C(O)CCCc1ccc(C#CCO)cc1. The molecule has 0 radical (unpaired) electrons. The summed E-state index contributed by atoms with van der Waals surface area (Å²) in [5.74, 6) is 4.61. The van der Waals surface area contributed by atoms with Crippen molar-refractivity contribution in [2.45, 2.75) is 19.3 Å². The minimum absolute atomic E-state index is 0.139. The average Bonchev–Trinajstić information content (AvgIpc) is 2.27. The van der Waals surface area contributed by atoms with E-state index in [0.29, 0.717) is 6.42 Å². The van der Waals surface area contributed by atoms with Crippen molar-refractivity contribution in [3.8, 4) is 11.8 Å². The fourth-order valence-corrected chi connectivity index (χ4v) is 1.34. The summed E-state index contributed by atoms with van der Waals surface area (Å²) in [6.45, 7) is -0.139. The summed E-state index contributed by atoms with van der Waals surface area (Å²) in [7, 11) is 0. The molecular weight excluding hydrogens is 204 g/mol. The quantitative estimate of drug-likeness (QED) is 0.752.